The molecule has 0 amide bonds. The van der Waals surface area contributed by atoms with Gasteiger partial charge in [-0.15, -0.1) is 0 Å². The van der Waals surface area contributed by atoms with Crippen molar-refractivity contribution in [1.82, 2.24) is 0 Å². The molecule has 0 bridgehead atoms. The van der Waals surface area contributed by atoms with Gasteiger partial charge in [-0.25, -0.2) is 0 Å². The van der Waals surface area contributed by atoms with Crippen molar-refractivity contribution in [2.45, 2.75) is 6.92 Å². The molecule has 2 aromatic rings. The van der Waals surface area contributed by atoms with E-state index in [2.05, 4.69) is 21.2 Å². The van der Waals surface area contributed by atoms with Gasteiger partial charge in [0.15, 0.2) is 0 Å². The summed E-state index contributed by atoms with van der Waals surface area (Å²) in [6.45, 7) is 3.27. The van der Waals surface area contributed by atoms with Crippen LogP contribution in [0.4, 0.5) is 5.69 Å². The highest BCUT2D eigenvalue weighted by Crippen LogP contribution is 2.21. The van der Waals surface area contributed by atoms with E-state index < -0.39 is 0 Å². The van der Waals surface area contributed by atoms with E-state index in [1.807, 2.05) is 49.4 Å². The fourth-order valence-corrected chi connectivity index (χ4v) is 2.48. The van der Waals surface area contributed by atoms with Crippen LogP contribution in [0.25, 0.3) is 0 Å². The zero-order valence-electron chi connectivity index (χ0n) is 11.7. The summed E-state index contributed by atoms with van der Waals surface area (Å²) in [6, 6.07) is 13.8. The first-order chi connectivity index (χ1) is 10.1. The summed E-state index contributed by atoms with van der Waals surface area (Å²) in [5, 5.41) is 3.30. The van der Waals surface area contributed by atoms with Crippen molar-refractivity contribution < 1.29 is 4.74 Å². The Morgan fingerprint density at radius 1 is 1.29 bits per heavy atom. The number of hydrogen-bond donors (Lipinski definition) is 2. The van der Waals surface area contributed by atoms with Gasteiger partial charge in [0.05, 0.1) is 0 Å². The SMILES string of the molecule is Cc1cccc(OCCNc2cc(Br)ccc2C(N)=S)c1. The first-order valence-corrected chi connectivity index (χ1v) is 7.79. The van der Waals surface area contributed by atoms with E-state index >= 15 is 0 Å². The second-order valence-corrected chi connectivity index (χ2v) is 6.00. The van der Waals surface area contributed by atoms with Crippen LogP contribution in [0.1, 0.15) is 11.1 Å². The minimum Gasteiger partial charge on any atom is -0.492 e. The van der Waals surface area contributed by atoms with Crippen molar-refractivity contribution in [3.05, 3.63) is 58.1 Å². The molecular formula is C16H17BrN2OS. The Morgan fingerprint density at radius 2 is 2.10 bits per heavy atom. The monoisotopic (exact) mass is 364 g/mol. The van der Waals surface area contributed by atoms with E-state index in [0.29, 0.717) is 18.1 Å². The van der Waals surface area contributed by atoms with Crippen LogP contribution >= 0.6 is 28.1 Å². The minimum absolute atomic E-state index is 0.379. The highest BCUT2D eigenvalue weighted by atomic mass is 79.9. The summed E-state index contributed by atoms with van der Waals surface area (Å²) < 4.78 is 6.68. The largest absolute Gasteiger partial charge is 0.492 e. The number of hydrogen-bond acceptors (Lipinski definition) is 3. The van der Waals surface area contributed by atoms with Crippen molar-refractivity contribution >= 4 is 38.8 Å². The Hall–Kier alpha value is -1.59. The molecule has 0 unspecified atom stereocenters. The molecule has 2 aromatic carbocycles. The molecule has 0 radical (unpaired) electrons. The van der Waals surface area contributed by atoms with Gasteiger partial charge in [-0.3, -0.25) is 0 Å². The van der Waals surface area contributed by atoms with Gasteiger partial charge in [-0.1, -0.05) is 40.3 Å². The minimum atomic E-state index is 0.379. The van der Waals surface area contributed by atoms with Gasteiger partial charge in [-0.2, -0.15) is 0 Å². The number of ether oxygens (including phenoxy) is 1. The molecule has 0 aliphatic heterocycles. The molecule has 110 valence electrons. The van der Waals surface area contributed by atoms with E-state index in [1.165, 1.54) is 5.56 Å². The number of rotatable bonds is 6. The second kappa shape index (κ2) is 7.43. The van der Waals surface area contributed by atoms with Gasteiger partial charge < -0.3 is 15.8 Å². The zero-order valence-corrected chi connectivity index (χ0v) is 14.1. The molecule has 0 heterocycles. The Morgan fingerprint density at radius 3 is 2.81 bits per heavy atom. The van der Waals surface area contributed by atoms with E-state index in [9.17, 15) is 0 Å². The number of anilines is 1. The summed E-state index contributed by atoms with van der Waals surface area (Å²) in [5.41, 5.74) is 8.65. The van der Waals surface area contributed by atoms with Crippen molar-refractivity contribution in [2.24, 2.45) is 5.73 Å². The second-order valence-electron chi connectivity index (χ2n) is 4.65. The molecule has 21 heavy (non-hydrogen) atoms. The molecule has 0 aliphatic carbocycles. The number of thiocarbonyl (C=S) groups is 1. The van der Waals surface area contributed by atoms with Gasteiger partial charge in [0.1, 0.15) is 17.3 Å². The first-order valence-electron chi connectivity index (χ1n) is 6.59. The van der Waals surface area contributed by atoms with Crippen molar-refractivity contribution in [3.8, 4) is 5.75 Å². The normalized spacial score (nSPS) is 10.2. The van der Waals surface area contributed by atoms with Crippen molar-refractivity contribution in [3.63, 3.8) is 0 Å². The number of nitrogens with two attached hydrogens (primary N) is 1. The molecule has 2 rings (SSSR count). The molecule has 0 aromatic heterocycles. The lowest BCUT2D eigenvalue weighted by molar-refractivity contribution is 0.332. The lowest BCUT2D eigenvalue weighted by Gasteiger charge is -2.12. The molecule has 0 aliphatic rings. The maximum Gasteiger partial charge on any atom is 0.119 e. The molecular weight excluding hydrogens is 348 g/mol. The van der Waals surface area contributed by atoms with Crippen LogP contribution in [0.5, 0.6) is 5.75 Å². The summed E-state index contributed by atoms with van der Waals surface area (Å²) >= 11 is 8.50. The molecule has 0 saturated carbocycles. The maximum atomic E-state index is 5.72. The molecule has 3 N–H and O–H groups in total. The standard InChI is InChI=1S/C16H17BrN2OS/c1-11-3-2-4-13(9-11)20-8-7-19-15-10-12(17)5-6-14(15)16(18)21/h2-6,9-10,19H,7-8H2,1H3,(H2,18,21). The Bertz CT molecular complexity index is 646. The molecule has 0 spiro atoms. The van der Waals surface area contributed by atoms with Gasteiger partial charge in [0.2, 0.25) is 0 Å². The highest BCUT2D eigenvalue weighted by molar-refractivity contribution is 9.10. The Labute approximate surface area is 138 Å². The third kappa shape index (κ3) is 4.72. The van der Waals surface area contributed by atoms with E-state index in [-0.39, 0.29) is 0 Å². The average molecular weight is 365 g/mol. The number of benzene rings is 2. The van der Waals surface area contributed by atoms with Crippen LogP contribution in [0.3, 0.4) is 0 Å². The van der Waals surface area contributed by atoms with Gasteiger partial charge in [0, 0.05) is 22.3 Å². The highest BCUT2D eigenvalue weighted by Gasteiger charge is 2.05. The molecule has 5 heteroatoms. The maximum absolute atomic E-state index is 5.72. The fraction of sp³-hybridized carbons (Fsp3) is 0.188. The van der Waals surface area contributed by atoms with Crippen molar-refractivity contribution in [2.75, 3.05) is 18.5 Å². The predicted octanol–water partition coefficient (Wildman–Crippen LogP) is 3.88. The summed E-state index contributed by atoms with van der Waals surface area (Å²) in [6.07, 6.45) is 0. The van der Waals surface area contributed by atoms with Crippen LogP contribution in [0.2, 0.25) is 0 Å². The number of nitrogens with one attached hydrogen (secondary N) is 1. The summed E-state index contributed by atoms with van der Waals surface area (Å²) in [5.74, 6) is 0.876. The van der Waals surface area contributed by atoms with E-state index in [1.54, 1.807) is 0 Å². The molecule has 3 nitrogen and oxygen atoms in total. The van der Waals surface area contributed by atoms with Crippen LogP contribution in [-0.4, -0.2) is 18.1 Å². The Kier molecular flexibility index (Phi) is 5.59. The summed E-state index contributed by atoms with van der Waals surface area (Å²) in [7, 11) is 0. The van der Waals surface area contributed by atoms with E-state index in [4.69, 9.17) is 22.7 Å². The quantitative estimate of drug-likeness (QED) is 0.603. The van der Waals surface area contributed by atoms with E-state index in [0.717, 1.165) is 21.5 Å². The van der Waals surface area contributed by atoms with Crippen LogP contribution in [0, 0.1) is 6.92 Å². The molecule has 0 fully saturated rings. The zero-order chi connectivity index (χ0) is 15.2. The first kappa shape index (κ1) is 15.8. The molecule has 0 saturated heterocycles. The van der Waals surface area contributed by atoms with Crippen LogP contribution in [0.15, 0.2) is 46.9 Å². The lowest BCUT2D eigenvalue weighted by atomic mass is 10.2. The third-order valence-electron chi connectivity index (χ3n) is 2.92. The topological polar surface area (TPSA) is 47.3 Å². The number of halogens is 1. The fourth-order valence-electron chi connectivity index (χ4n) is 1.94. The predicted molar refractivity (Wildman–Crippen MR) is 95.2 cm³/mol. The lowest BCUT2D eigenvalue weighted by Crippen LogP contribution is -2.16. The van der Waals surface area contributed by atoms with Gasteiger partial charge in [-0.05, 0) is 42.8 Å². The van der Waals surface area contributed by atoms with Crippen molar-refractivity contribution in [1.29, 1.82) is 0 Å². The van der Waals surface area contributed by atoms with Gasteiger partial charge in [0.25, 0.3) is 0 Å². The van der Waals surface area contributed by atoms with Crippen LogP contribution < -0.4 is 15.8 Å². The van der Waals surface area contributed by atoms with Gasteiger partial charge >= 0.3 is 0 Å². The smallest absolute Gasteiger partial charge is 0.119 e. The van der Waals surface area contributed by atoms with Crippen LogP contribution in [-0.2, 0) is 0 Å². The average Bonchev–Trinajstić information content (AvgIpc) is 2.43. The summed E-state index contributed by atoms with van der Waals surface area (Å²) in [4.78, 5) is 0.379. The number of aryl methyl sites for hydroxylation is 1. The molecule has 0 atom stereocenters. The third-order valence-corrected chi connectivity index (χ3v) is 3.64. The Balaban J connectivity index is 1.91.